The number of aliphatic carboxylic acids is 1. The molecule has 1 aliphatic rings. The molecule has 0 saturated heterocycles. The van der Waals surface area contributed by atoms with E-state index in [-0.39, 0.29) is 18.9 Å². The Morgan fingerprint density at radius 1 is 1.33 bits per heavy atom. The van der Waals surface area contributed by atoms with Crippen LogP contribution >= 0.6 is 0 Å². The van der Waals surface area contributed by atoms with E-state index in [9.17, 15) is 9.59 Å². The molecule has 0 spiro atoms. The summed E-state index contributed by atoms with van der Waals surface area (Å²) in [5, 5.41) is 11.4. The lowest BCUT2D eigenvalue weighted by Crippen LogP contribution is -2.43. The molecule has 0 aromatic heterocycles. The number of carbonyl (C=O) groups excluding carboxylic acids is 1. The summed E-state index contributed by atoms with van der Waals surface area (Å²) in [5.41, 5.74) is 0.403. The molecular weight excluding hydrogens is 270 g/mol. The van der Waals surface area contributed by atoms with Gasteiger partial charge in [0.05, 0.1) is 18.9 Å². The van der Waals surface area contributed by atoms with E-state index in [0.29, 0.717) is 0 Å². The maximum Gasteiger partial charge on any atom is 0.305 e. The third-order valence-corrected chi connectivity index (χ3v) is 4.14. The van der Waals surface area contributed by atoms with Crippen molar-refractivity contribution in [3.05, 3.63) is 29.8 Å². The molecule has 0 radical (unpaired) electrons. The first kappa shape index (κ1) is 15.4. The highest BCUT2D eigenvalue weighted by molar-refractivity contribution is 5.89. The van der Waals surface area contributed by atoms with Crippen LogP contribution in [0.3, 0.4) is 0 Å². The number of carboxylic acid groups (broad SMARTS) is 1. The van der Waals surface area contributed by atoms with Crippen molar-refractivity contribution in [2.24, 2.45) is 0 Å². The van der Waals surface area contributed by atoms with Gasteiger partial charge in [0.2, 0.25) is 5.91 Å². The summed E-state index contributed by atoms with van der Waals surface area (Å²) in [6.45, 7) is 0.167. The molecule has 1 fully saturated rings. The number of amides is 1. The summed E-state index contributed by atoms with van der Waals surface area (Å²) in [4.78, 5) is 23.2. The first-order valence-electron chi connectivity index (χ1n) is 7.23. The highest BCUT2D eigenvalue weighted by Gasteiger charge is 2.42. The number of ether oxygens (including phenoxy) is 1. The summed E-state index contributed by atoms with van der Waals surface area (Å²) in [5.74, 6) is -0.247. The average Bonchev–Trinajstić information content (AvgIpc) is 2.97. The maximum absolute atomic E-state index is 12.6. The Morgan fingerprint density at radius 3 is 2.67 bits per heavy atom. The van der Waals surface area contributed by atoms with Crippen LogP contribution in [0, 0.1) is 0 Å². The zero-order chi connectivity index (χ0) is 15.3. The van der Waals surface area contributed by atoms with Crippen LogP contribution in [-0.4, -0.2) is 30.6 Å². The molecule has 0 heterocycles. The average molecular weight is 291 g/mol. The smallest absolute Gasteiger partial charge is 0.305 e. The quantitative estimate of drug-likeness (QED) is 0.841. The Kier molecular flexibility index (Phi) is 4.83. The zero-order valence-electron chi connectivity index (χ0n) is 12.2. The fraction of sp³-hybridized carbons (Fsp3) is 0.500. The standard InChI is InChI=1S/C16H21NO4/c1-21-13-6-4-5-12(11-13)16(8-2-3-9-16)15(20)17-10-7-14(18)19/h4-6,11H,2-3,7-10H2,1H3,(H,17,20)(H,18,19). The summed E-state index contributed by atoms with van der Waals surface area (Å²) in [6.07, 6.45) is 3.53. The van der Waals surface area contributed by atoms with Gasteiger partial charge in [0.1, 0.15) is 5.75 Å². The van der Waals surface area contributed by atoms with Crippen molar-refractivity contribution < 1.29 is 19.4 Å². The number of hydrogen-bond acceptors (Lipinski definition) is 3. The zero-order valence-corrected chi connectivity index (χ0v) is 12.2. The second-order valence-electron chi connectivity index (χ2n) is 5.42. The predicted octanol–water partition coefficient (Wildman–Crippen LogP) is 2.10. The van der Waals surface area contributed by atoms with Gasteiger partial charge in [-0.2, -0.15) is 0 Å². The molecule has 0 bridgehead atoms. The minimum atomic E-state index is -0.905. The van der Waals surface area contributed by atoms with Gasteiger partial charge in [0.25, 0.3) is 0 Å². The third-order valence-electron chi connectivity index (χ3n) is 4.14. The molecule has 21 heavy (non-hydrogen) atoms. The normalized spacial score (nSPS) is 16.4. The Balaban J connectivity index is 2.19. The number of carboxylic acids is 1. The van der Waals surface area contributed by atoms with Gasteiger partial charge in [0, 0.05) is 6.54 Å². The molecule has 0 atom stereocenters. The van der Waals surface area contributed by atoms with Crippen LogP contribution < -0.4 is 10.1 Å². The van der Waals surface area contributed by atoms with Crippen molar-refractivity contribution in [3.63, 3.8) is 0 Å². The SMILES string of the molecule is COc1cccc(C2(C(=O)NCCC(=O)O)CCCC2)c1. The van der Waals surface area contributed by atoms with E-state index in [1.54, 1.807) is 7.11 Å². The minimum absolute atomic E-state index is 0.0556. The molecule has 5 nitrogen and oxygen atoms in total. The molecule has 1 aromatic carbocycles. The lowest BCUT2D eigenvalue weighted by molar-refractivity contribution is -0.137. The van der Waals surface area contributed by atoms with Crippen LogP contribution in [0.15, 0.2) is 24.3 Å². The van der Waals surface area contributed by atoms with Crippen molar-refractivity contribution in [1.82, 2.24) is 5.32 Å². The van der Waals surface area contributed by atoms with Crippen LogP contribution in [0.1, 0.15) is 37.7 Å². The van der Waals surface area contributed by atoms with E-state index in [4.69, 9.17) is 9.84 Å². The topological polar surface area (TPSA) is 75.6 Å². The number of carbonyl (C=O) groups is 2. The number of rotatable bonds is 6. The fourth-order valence-corrected chi connectivity index (χ4v) is 3.00. The van der Waals surface area contributed by atoms with Crippen LogP contribution in [0.2, 0.25) is 0 Å². The molecule has 1 saturated carbocycles. The second kappa shape index (κ2) is 6.61. The summed E-state index contributed by atoms with van der Waals surface area (Å²) < 4.78 is 5.24. The number of methoxy groups -OCH3 is 1. The first-order valence-corrected chi connectivity index (χ1v) is 7.23. The second-order valence-corrected chi connectivity index (χ2v) is 5.42. The van der Waals surface area contributed by atoms with Gasteiger partial charge in [0.15, 0.2) is 0 Å². The molecule has 1 aromatic rings. The van der Waals surface area contributed by atoms with Gasteiger partial charge >= 0.3 is 5.97 Å². The van der Waals surface area contributed by atoms with Gasteiger partial charge in [-0.25, -0.2) is 0 Å². The number of hydrogen-bond donors (Lipinski definition) is 2. The summed E-state index contributed by atoms with van der Waals surface area (Å²) >= 11 is 0. The molecule has 1 amide bonds. The lowest BCUT2D eigenvalue weighted by Gasteiger charge is -2.28. The Labute approximate surface area is 124 Å². The van der Waals surface area contributed by atoms with E-state index in [1.165, 1.54) is 0 Å². The molecule has 2 N–H and O–H groups in total. The Hall–Kier alpha value is -2.04. The molecule has 0 unspecified atom stereocenters. The molecule has 0 aliphatic heterocycles. The van der Waals surface area contributed by atoms with Crippen molar-refractivity contribution in [2.45, 2.75) is 37.5 Å². The molecule has 5 heteroatoms. The molecule has 1 aliphatic carbocycles. The largest absolute Gasteiger partial charge is 0.497 e. The van der Waals surface area contributed by atoms with Gasteiger partial charge in [-0.15, -0.1) is 0 Å². The molecule has 114 valence electrons. The third kappa shape index (κ3) is 3.35. The van der Waals surface area contributed by atoms with Crippen LogP contribution in [0.25, 0.3) is 0 Å². The highest BCUT2D eigenvalue weighted by atomic mass is 16.5. The van der Waals surface area contributed by atoms with E-state index in [1.807, 2.05) is 24.3 Å². The van der Waals surface area contributed by atoms with Gasteiger partial charge in [-0.1, -0.05) is 25.0 Å². The van der Waals surface area contributed by atoms with Crippen LogP contribution in [-0.2, 0) is 15.0 Å². The van der Waals surface area contributed by atoms with Crippen molar-refractivity contribution in [3.8, 4) is 5.75 Å². The van der Waals surface area contributed by atoms with Crippen molar-refractivity contribution >= 4 is 11.9 Å². The van der Waals surface area contributed by atoms with Gasteiger partial charge < -0.3 is 15.2 Å². The monoisotopic (exact) mass is 291 g/mol. The summed E-state index contributed by atoms with van der Waals surface area (Å²) in [6, 6.07) is 7.60. The predicted molar refractivity (Wildman–Crippen MR) is 78.4 cm³/mol. The summed E-state index contributed by atoms with van der Waals surface area (Å²) in [7, 11) is 1.60. The van der Waals surface area contributed by atoms with Gasteiger partial charge in [-0.3, -0.25) is 9.59 Å². The lowest BCUT2D eigenvalue weighted by atomic mass is 9.78. The molecular formula is C16H21NO4. The van der Waals surface area contributed by atoms with Crippen LogP contribution in [0.4, 0.5) is 0 Å². The highest BCUT2D eigenvalue weighted by Crippen LogP contribution is 2.42. The van der Waals surface area contributed by atoms with Crippen LogP contribution in [0.5, 0.6) is 5.75 Å². The Morgan fingerprint density at radius 2 is 2.05 bits per heavy atom. The number of nitrogens with one attached hydrogen (secondary N) is 1. The number of benzene rings is 1. The maximum atomic E-state index is 12.6. The van der Waals surface area contributed by atoms with Crippen molar-refractivity contribution in [1.29, 1.82) is 0 Å². The van der Waals surface area contributed by atoms with E-state index in [0.717, 1.165) is 37.0 Å². The first-order chi connectivity index (χ1) is 10.1. The minimum Gasteiger partial charge on any atom is -0.497 e. The Bertz CT molecular complexity index is 521. The van der Waals surface area contributed by atoms with Gasteiger partial charge in [-0.05, 0) is 30.5 Å². The van der Waals surface area contributed by atoms with E-state index in [2.05, 4.69) is 5.32 Å². The molecule has 2 rings (SSSR count). The van der Waals surface area contributed by atoms with Crippen molar-refractivity contribution in [2.75, 3.05) is 13.7 Å². The fourth-order valence-electron chi connectivity index (χ4n) is 3.00. The van der Waals surface area contributed by atoms with E-state index < -0.39 is 11.4 Å². The van der Waals surface area contributed by atoms with E-state index >= 15 is 0 Å².